The van der Waals surface area contributed by atoms with Crippen molar-refractivity contribution < 1.29 is 14.3 Å². The Kier molecular flexibility index (Phi) is 5.76. The Morgan fingerprint density at radius 3 is 3.00 bits per heavy atom. The number of methoxy groups -OCH3 is 1. The Morgan fingerprint density at radius 1 is 1.28 bits per heavy atom. The zero-order valence-corrected chi connectivity index (χ0v) is 16.9. The Morgan fingerprint density at radius 2 is 2.17 bits per heavy atom. The number of ether oxygens (including phenoxy) is 2. The molecule has 0 saturated carbocycles. The molecule has 2 aliphatic rings. The van der Waals surface area contributed by atoms with E-state index >= 15 is 0 Å². The highest BCUT2D eigenvalue weighted by Gasteiger charge is 2.32. The summed E-state index contributed by atoms with van der Waals surface area (Å²) >= 11 is 0. The predicted molar refractivity (Wildman–Crippen MR) is 111 cm³/mol. The molecule has 1 N–H and O–H groups in total. The van der Waals surface area contributed by atoms with E-state index in [2.05, 4.69) is 28.2 Å². The number of fused-ring (bicyclic) bond motifs is 1. The molecule has 0 radical (unpaired) electrons. The Hall–Kier alpha value is -2.93. The molecule has 3 heterocycles. The normalized spacial score (nSPS) is 19.2. The lowest BCUT2D eigenvalue weighted by Crippen LogP contribution is -2.56. The molecular weight excluding hydrogens is 368 g/mol. The fourth-order valence-corrected chi connectivity index (χ4v) is 3.75. The fourth-order valence-electron chi connectivity index (χ4n) is 3.75. The molecule has 2 aromatic rings. The van der Waals surface area contributed by atoms with Crippen molar-refractivity contribution in [2.24, 2.45) is 0 Å². The molecule has 7 heteroatoms. The second-order valence-corrected chi connectivity index (χ2v) is 7.21. The standard InChI is InChI=1S/C22H26N4O3/c1-3-12-29-19-5-4-16(14-20(19)28-2)21-23-8-6-17(25-21)15-7-10-26-11-9-24-22(27)18(26)13-15/h4-8,14,18H,3,9-13H2,1-2H3,(H,24,27). The molecule has 4 rings (SSSR count). The number of carbonyl (C=O) groups excluding carboxylic acids is 1. The van der Waals surface area contributed by atoms with Crippen LogP contribution in [0.15, 0.2) is 36.5 Å². The number of amides is 1. The second kappa shape index (κ2) is 8.61. The molecule has 29 heavy (non-hydrogen) atoms. The average Bonchev–Trinajstić information content (AvgIpc) is 2.77. The van der Waals surface area contributed by atoms with Gasteiger partial charge in [-0.2, -0.15) is 0 Å². The van der Waals surface area contributed by atoms with Gasteiger partial charge in [-0.05, 0) is 42.7 Å². The number of hydrogen-bond donors (Lipinski definition) is 1. The molecule has 1 amide bonds. The summed E-state index contributed by atoms with van der Waals surface area (Å²) in [6.07, 6.45) is 5.53. The van der Waals surface area contributed by atoms with Crippen LogP contribution in [-0.4, -0.2) is 60.2 Å². The zero-order valence-electron chi connectivity index (χ0n) is 16.9. The van der Waals surface area contributed by atoms with Gasteiger partial charge in [-0.25, -0.2) is 9.97 Å². The Balaban J connectivity index is 1.59. The molecule has 1 aromatic carbocycles. The molecule has 0 bridgehead atoms. The van der Waals surface area contributed by atoms with Crippen molar-refractivity contribution in [3.63, 3.8) is 0 Å². The molecule has 7 nitrogen and oxygen atoms in total. The van der Waals surface area contributed by atoms with Crippen LogP contribution in [0.4, 0.5) is 0 Å². The van der Waals surface area contributed by atoms with Gasteiger partial charge in [0.25, 0.3) is 0 Å². The number of piperazine rings is 1. The van der Waals surface area contributed by atoms with Crippen LogP contribution < -0.4 is 14.8 Å². The van der Waals surface area contributed by atoms with Gasteiger partial charge in [0.1, 0.15) is 0 Å². The third-order valence-corrected chi connectivity index (χ3v) is 5.30. The maximum atomic E-state index is 12.2. The number of nitrogens with one attached hydrogen (secondary N) is 1. The molecule has 0 aliphatic carbocycles. The van der Waals surface area contributed by atoms with Crippen molar-refractivity contribution in [1.82, 2.24) is 20.2 Å². The minimum Gasteiger partial charge on any atom is -0.493 e. The summed E-state index contributed by atoms with van der Waals surface area (Å²) in [5, 5.41) is 2.96. The predicted octanol–water partition coefficient (Wildman–Crippen LogP) is 2.53. The van der Waals surface area contributed by atoms with Crippen LogP contribution in [0.2, 0.25) is 0 Å². The highest BCUT2D eigenvalue weighted by Crippen LogP contribution is 2.32. The summed E-state index contributed by atoms with van der Waals surface area (Å²) in [5.74, 6) is 2.10. The first-order valence-corrected chi connectivity index (χ1v) is 10.0. The van der Waals surface area contributed by atoms with E-state index < -0.39 is 0 Å². The van der Waals surface area contributed by atoms with Gasteiger partial charge in [-0.3, -0.25) is 9.69 Å². The SMILES string of the molecule is CCCOc1ccc(-c2nccc(C3=CCN4CCNC(=O)C4C3)n2)cc1OC. The smallest absolute Gasteiger partial charge is 0.237 e. The van der Waals surface area contributed by atoms with E-state index in [0.29, 0.717) is 30.4 Å². The first-order chi connectivity index (χ1) is 14.2. The van der Waals surface area contributed by atoms with E-state index in [9.17, 15) is 4.79 Å². The number of nitrogens with zero attached hydrogens (tertiary/aromatic N) is 3. The lowest BCUT2D eigenvalue weighted by molar-refractivity contribution is -0.128. The van der Waals surface area contributed by atoms with Crippen molar-refractivity contribution in [2.75, 3.05) is 33.4 Å². The minimum atomic E-state index is -0.114. The van der Waals surface area contributed by atoms with Crippen LogP contribution in [0.25, 0.3) is 17.0 Å². The number of carbonyl (C=O) groups is 1. The number of hydrogen-bond acceptors (Lipinski definition) is 6. The first-order valence-electron chi connectivity index (χ1n) is 10.0. The summed E-state index contributed by atoms with van der Waals surface area (Å²) in [6, 6.07) is 7.52. The van der Waals surface area contributed by atoms with Crippen molar-refractivity contribution in [3.8, 4) is 22.9 Å². The molecule has 1 atom stereocenters. The maximum absolute atomic E-state index is 12.2. The molecule has 0 spiro atoms. The van der Waals surface area contributed by atoms with Crippen LogP contribution in [0, 0.1) is 0 Å². The number of aromatic nitrogens is 2. The van der Waals surface area contributed by atoms with Crippen LogP contribution in [-0.2, 0) is 4.79 Å². The van der Waals surface area contributed by atoms with Gasteiger partial charge in [0.2, 0.25) is 5.91 Å². The highest BCUT2D eigenvalue weighted by molar-refractivity contribution is 5.85. The molecule has 1 unspecified atom stereocenters. The largest absolute Gasteiger partial charge is 0.493 e. The van der Waals surface area contributed by atoms with Crippen molar-refractivity contribution in [2.45, 2.75) is 25.8 Å². The van der Waals surface area contributed by atoms with E-state index in [1.54, 1.807) is 13.3 Å². The van der Waals surface area contributed by atoms with E-state index in [0.717, 1.165) is 42.9 Å². The van der Waals surface area contributed by atoms with E-state index in [1.165, 1.54) is 0 Å². The molecule has 2 aliphatic heterocycles. The highest BCUT2D eigenvalue weighted by atomic mass is 16.5. The third-order valence-electron chi connectivity index (χ3n) is 5.30. The van der Waals surface area contributed by atoms with Crippen LogP contribution >= 0.6 is 0 Å². The Labute approximate surface area is 170 Å². The summed E-state index contributed by atoms with van der Waals surface area (Å²) in [4.78, 5) is 23.7. The summed E-state index contributed by atoms with van der Waals surface area (Å²) in [5.41, 5.74) is 2.81. The van der Waals surface area contributed by atoms with Gasteiger partial charge in [0.15, 0.2) is 17.3 Å². The van der Waals surface area contributed by atoms with E-state index in [1.807, 2.05) is 24.3 Å². The van der Waals surface area contributed by atoms with Crippen LogP contribution in [0.1, 0.15) is 25.5 Å². The molecular formula is C22H26N4O3. The second-order valence-electron chi connectivity index (χ2n) is 7.21. The topological polar surface area (TPSA) is 76.6 Å². The number of benzene rings is 1. The monoisotopic (exact) mass is 394 g/mol. The third kappa shape index (κ3) is 4.10. The Bertz CT molecular complexity index is 928. The molecule has 1 aromatic heterocycles. The number of rotatable bonds is 6. The van der Waals surface area contributed by atoms with Gasteiger partial charge in [0, 0.05) is 31.4 Å². The van der Waals surface area contributed by atoms with Crippen molar-refractivity contribution >= 4 is 11.5 Å². The minimum absolute atomic E-state index is 0.100. The summed E-state index contributed by atoms with van der Waals surface area (Å²) in [7, 11) is 1.63. The molecule has 1 fully saturated rings. The average molecular weight is 394 g/mol. The molecule has 152 valence electrons. The summed E-state index contributed by atoms with van der Waals surface area (Å²) < 4.78 is 11.2. The van der Waals surface area contributed by atoms with E-state index in [4.69, 9.17) is 14.5 Å². The fraction of sp³-hybridized carbons (Fsp3) is 0.409. The van der Waals surface area contributed by atoms with Gasteiger partial charge in [-0.1, -0.05) is 13.0 Å². The van der Waals surface area contributed by atoms with Gasteiger partial charge in [-0.15, -0.1) is 0 Å². The van der Waals surface area contributed by atoms with Gasteiger partial charge < -0.3 is 14.8 Å². The summed E-state index contributed by atoms with van der Waals surface area (Å²) in [6.45, 7) is 5.08. The lowest BCUT2D eigenvalue weighted by atomic mass is 9.95. The lowest BCUT2D eigenvalue weighted by Gasteiger charge is -2.37. The quantitative estimate of drug-likeness (QED) is 0.811. The van der Waals surface area contributed by atoms with Gasteiger partial charge >= 0.3 is 0 Å². The van der Waals surface area contributed by atoms with Crippen LogP contribution in [0.3, 0.4) is 0 Å². The van der Waals surface area contributed by atoms with Crippen molar-refractivity contribution in [1.29, 1.82) is 0 Å². The van der Waals surface area contributed by atoms with Crippen LogP contribution in [0.5, 0.6) is 11.5 Å². The zero-order chi connectivity index (χ0) is 20.2. The maximum Gasteiger partial charge on any atom is 0.237 e. The first kappa shape index (κ1) is 19.4. The van der Waals surface area contributed by atoms with E-state index in [-0.39, 0.29) is 11.9 Å². The van der Waals surface area contributed by atoms with Gasteiger partial charge in [0.05, 0.1) is 25.5 Å². The molecule has 1 saturated heterocycles. The van der Waals surface area contributed by atoms with Crippen molar-refractivity contribution in [3.05, 3.63) is 42.2 Å².